The molecule has 3 rings (SSSR count). The second-order valence-electron chi connectivity index (χ2n) is 8.05. The number of hydrogen-bond donors (Lipinski definition) is 0. The number of amides is 1. The van der Waals surface area contributed by atoms with Gasteiger partial charge in [0.2, 0.25) is 15.9 Å². The molecule has 34 heavy (non-hydrogen) atoms. The number of carbonyl (C=O) groups excluding carboxylic acids is 1. The van der Waals surface area contributed by atoms with Gasteiger partial charge < -0.3 is 18.9 Å². The molecule has 9 nitrogen and oxygen atoms in total. The van der Waals surface area contributed by atoms with Gasteiger partial charge in [-0.25, -0.2) is 17.7 Å². The predicted octanol–water partition coefficient (Wildman–Crippen LogP) is 2.79. The average molecular weight is 489 g/mol. The van der Waals surface area contributed by atoms with Crippen LogP contribution in [-0.2, 0) is 27.8 Å². The molecule has 0 aliphatic carbocycles. The maximum absolute atomic E-state index is 12.6. The van der Waals surface area contributed by atoms with E-state index < -0.39 is 10.0 Å². The average Bonchev–Trinajstić information content (AvgIpc) is 3.19. The molecule has 2 aromatic carbocycles. The van der Waals surface area contributed by atoms with E-state index in [0.29, 0.717) is 43.8 Å². The molecule has 0 atom stereocenters. The number of benzene rings is 2. The van der Waals surface area contributed by atoms with E-state index in [2.05, 4.69) is 4.98 Å². The van der Waals surface area contributed by atoms with Crippen molar-refractivity contribution >= 4 is 27.0 Å². The van der Waals surface area contributed by atoms with Gasteiger partial charge in [0.1, 0.15) is 23.9 Å². The number of carbonyl (C=O) groups is 1. The van der Waals surface area contributed by atoms with E-state index in [1.54, 1.807) is 37.3 Å². The van der Waals surface area contributed by atoms with Crippen molar-refractivity contribution in [2.45, 2.75) is 31.2 Å². The zero-order valence-electron chi connectivity index (χ0n) is 20.3. The van der Waals surface area contributed by atoms with E-state index in [4.69, 9.17) is 9.47 Å². The Balaban J connectivity index is 1.61. The van der Waals surface area contributed by atoms with Gasteiger partial charge in [0.05, 0.1) is 29.6 Å². The number of likely N-dealkylation sites (N-methyl/N-ethyl adjacent to an activating group) is 1. The fourth-order valence-corrected chi connectivity index (χ4v) is 4.50. The van der Waals surface area contributed by atoms with Crippen LogP contribution in [0.1, 0.15) is 19.2 Å². The van der Waals surface area contributed by atoms with Crippen molar-refractivity contribution in [3.8, 4) is 11.5 Å². The number of methoxy groups -OCH3 is 1. The van der Waals surface area contributed by atoms with E-state index in [0.717, 1.165) is 17.1 Å². The molecule has 0 spiro atoms. The Morgan fingerprint density at radius 3 is 2.35 bits per heavy atom. The lowest BCUT2D eigenvalue weighted by Gasteiger charge is -2.17. The van der Waals surface area contributed by atoms with Gasteiger partial charge in [0, 0.05) is 40.5 Å². The van der Waals surface area contributed by atoms with E-state index >= 15 is 0 Å². The third-order valence-electron chi connectivity index (χ3n) is 5.64. The van der Waals surface area contributed by atoms with Gasteiger partial charge in [-0.1, -0.05) is 0 Å². The van der Waals surface area contributed by atoms with Gasteiger partial charge in [-0.15, -0.1) is 0 Å². The highest BCUT2D eigenvalue weighted by Crippen LogP contribution is 2.23. The first-order chi connectivity index (χ1) is 16.2. The van der Waals surface area contributed by atoms with Gasteiger partial charge in [-0.3, -0.25) is 4.79 Å². The Morgan fingerprint density at radius 1 is 1.06 bits per heavy atom. The lowest BCUT2D eigenvalue weighted by molar-refractivity contribution is -0.130. The highest BCUT2D eigenvalue weighted by atomic mass is 32.2. The molecule has 184 valence electrons. The van der Waals surface area contributed by atoms with Crippen LogP contribution in [0.3, 0.4) is 0 Å². The van der Waals surface area contributed by atoms with Crippen LogP contribution < -0.4 is 9.47 Å². The molecule has 1 heterocycles. The number of ether oxygens (including phenoxy) is 2. The van der Waals surface area contributed by atoms with Gasteiger partial charge >= 0.3 is 0 Å². The number of fused-ring (bicyclic) bond motifs is 1. The normalized spacial score (nSPS) is 11.7. The van der Waals surface area contributed by atoms with Crippen LogP contribution in [0.5, 0.6) is 11.5 Å². The molecule has 10 heteroatoms. The standard InChI is InChI=1S/C24H32N4O5S/c1-6-28-22-12-11-20(34(30,31)26(2)3)17-21(22)25-23(28)13-14-24(29)27(4)15-16-33-19-9-7-18(32-5)8-10-19/h7-12,17H,6,13-16H2,1-5H3. The number of aromatic nitrogens is 2. The van der Waals surface area contributed by atoms with Crippen LogP contribution in [0.4, 0.5) is 0 Å². The number of aryl methyl sites for hydroxylation is 2. The van der Waals surface area contributed by atoms with Crippen LogP contribution in [-0.4, -0.2) is 74.5 Å². The highest BCUT2D eigenvalue weighted by Gasteiger charge is 2.20. The summed E-state index contributed by atoms with van der Waals surface area (Å²) in [4.78, 5) is 19.1. The van der Waals surface area contributed by atoms with Crippen molar-refractivity contribution in [1.82, 2.24) is 18.8 Å². The lowest BCUT2D eigenvalue weighted by Crippen LogP contribution is -2.31. The van der Waals surface area contributed by atoms with Gasteiger partial charge in [0.25, 0.3) is 0 Å². The Labute approximate surface area is 200 Å². The van der Waals surface area contributed by atoms with Gasteiger partial charge in [-0.2, -0.15) is 0 Å². The molecule has 0 saturated heterocycles. The minimum Gasteiger partial charge on any atom is -0.497 e. The Hall–Kier alpha value is -3.11. The van der Waals surface area contributed by atoms with Crippen molar-refractivity contribution in [3.63, 3.8) is 0 Å². The molecule has 1 amide bonds. The largest absolute Gasteiger partial charge is 0.497 e. The summed E-state index contributed by atoms with van der Waals surface area (Å²) in [5.41, 5.74) is 1.46. The first kappa shape index (κ1) is 25.5. The second kappa shape index (κ2) is 10.9. The van der Waals surface area contributed by atoms with E-state index in [9.17, 15) is 13.2 Å². The van der Waals surface area contributed by atoms with E-state index in [1.165, 1.54) is 18.4 Å². The van der Waals surface area contributed by atoms with Crippen LogP contribution in [0.2, 0.25) is 0 Å². The van der Waals surface area contributed by atoms with Gasteiger partial charge in [0.15, 0.2) is 0 Å². The van der Waals surface area contributed by atoms with Crippen molar-refractivity contribution in [3.05, 3.63) is 48.3 Å². The summed E-state index contributed by atoms with van der Waals surface area (Å²) in [7, 11) is 2.82. The summed E-state index contributed by atoms with van der Waals surface area (Å²) in [6.45, 7) is 3.51. The fourth-order valence-electron chi connectivity index (χ4n) is 3.58. The molecule has 0 saturated carbocycles. The molecular weight excluding hydrogens is 456 g/mol. The molecule has 1 aromatic heterocycles. The molecule has 0 bridgehead atoms. The molecular formula is C24H32N4O5S. The maximum Gasteiger partial charge on any atom is 0.242 e. The predicted molar refractivity (Wildman–Crippen MR) is 131 cm³/mol. The summed E-state index contributed by atoms with van der Waals surface area (Å²) in [6.07, 6.45) is 0.756. The van der Waals surface area contributed by atoms with Crippen LogP contribution >= 0.6 is 0 Å². The van der Waals surface area contributed by atoms with Crippen molar-refractivity contribution < 1.29 is 22.7 Å². The first-order valence-corrected chi connectivity index (χ1v) is 12.5. The molecule has 3 aromatic rings. The summed E-state index contributed by atoms with van der Waals surface area (Å²) < 4.78 is 38.9. The minimum atomic E-state index is -3.54. The smallest absolute Gasteiger partial charge is 0.242 e. The number of sulfonamides is 1. The van der Waals surface area contributed by atoms with E-state index in [1.807, 2.05) is 35.8 Å². The minimum absolute atomic E-state index is 0.0103. The molecule has 0 radical (unpaired) electrons. The van der Waals surface area contributed by atoms with E-state index in [-0.39, 0.29) is 10.8 Å². The third-order valence-corrected chi connectivity index (χ3v) is 7.45. The zero-order chi connectivity index (χ0) is 24.9. The maximum atomic E-state index is 12.6. The molecule has 0 aliphatic rings. The number of hydrogen-bond acceptors (Lipinski definition) is 6. The quantitative estimate of drug-likeness (QED) is 0.412. The molecule has 0 aliphatic heterocycles. The summed E-state index contributed by atoms with van der Waals surface area (Å²) in [6, 6.07) is 12.2. The highest BCUT2D eigenvalue weighted by molar-refractivity contribution is 7.89. The second-order valence-corrected chi connectivity index (χ2v) is 10.2. The number of imidazole rings is 1. The Morgan fingerprint density at radius 2 is 1.74 bits per heavy atom. The van der Waals surface area contributed by atoms with Crippen LogP contribution in [0.15, 0.2) is 47.4 Å². The topological polar surface area (TPSA) is 94.0 Å². The van der Waals surface area contributed by atoms with Gasteiger partial charge in [-0.05, 0) is 49.4 Å². The molecule has 0 fully saturated rings. The van der Waals surface area contributed by atoms with Crippen molar-refractivity contribution in [2.75, 3.05) is 41.4 Å². The number of rotatable bonds is 11. The SMILES string of the molecule is CCn1c(CCC(=O)N(C)CCOc2ccc(OC)cc2)nc2cc(S(=O)(=O)N(C)C)ccc21. The Kier molecular flexibility index (Phi) is 8.16. The summed E-state index contributed by atoms with van der Waals surface area (Å²) in [5.74, 6) is 2.22. The van der Waals surface area contributed by atoms with Crippen LogP contribution in [0.25, 0.3) is 11.0 Å². The Bertz CT molecular complexity index is 1240. The van der Waals surface area contributed by atoms with Crippen LogP contribution in [0, 0.1) is 0 Å². The summed E-state index contributed by atoms with van der Waals surface area (Å²) in [5, 5.41) is 0. The monoisotopic (exact) mass is 488 g/mol. The lowest BCUT2D eigenvalue weighted by atomic mass is 10.2. The number of nitrogens with zero attached hydrogens (tertiary/aromatic N) is 4. The first-order valence-electron chi connectivity index (χ1n) is 11.1. The third kappa shape index (κ3) is 5.68. The zero-order valence-corrected chi connectivity index (χ0v) is 21.1. The molecule has 0 N–H and O–H groups in total. The van der Waals surface area contributed by atoms with Crippen molar-refractivity contribution in [1.29, 1.82) is 0 Å². The fraction of sp³-hybridized carbons (Fsp3) is 0.417. The van der Waals surface area contributed by atoms with Crippen molar-refractivity contribution in [2.24, 2.45) is 0 Å². The molecule has 0 unspecified atom stereocenters. The summed E-state index contributed by atoms with van der Waals surface area (Å²) >= 11 is 0.